The lowest BCUT2D eigenvalue weighted by Crippen LogP contribution is -2.17. The Labute approximate surface area is 111 Å². The summed E-state index contributed by atoms with van der Waals surface area (Å²) in [6, 6.07) is 0. The summed E-state index contributed by atoms with van der Waals surface area (Å²) < 4.78 is 0. The lowest BCUT2D eigenvalue weighted by Gasteiger charge is -2.27. The van der Waals surface area contributed by atoms with Crippen molar-refractivity contribution < 1.29 is 0 Å². The van der Waals surface area contributed by atoms with Gasteiger partial charge < -0.3 is 0 Å². The Kier molecular flexibility index (Phi) is 9.97. The molecule has 0 heterocycles. The van der Waals surface area contributed by atoms with Crippen LogP contribution in [0.15, 0.2) is 0 Å². The molecule has 4 unspecified atom stereocenters. The fourth-order valence-corrected chi connectivity index (χ4v) is 3.37. The number of hydrogen-bond acceptors (Lipinski definition) is 0. The molecule has 17 heavy (non-hydrogen) atoms. The Morgan fingerprint density at radius 1 is 0.706 bits per heavy atom. The molecule has 0 aliphatic heterocycles. The summed E-state index contributed by atoms with van der Waals surface area (Å²) in [6.07, 6.45) is 9.76. The van der Waals surface area contributed by atoms with Gasteiger partial charge in [0.1, 0.15) is 0 Å². The van der Waals surface area contributed by atoms with E-state index in [0.29, 0.717) is 0 Å². The van der Waals surface area contributed by atoms with E-state index < -0.39 is 0 Å². The molecule has 0 rings (SSSR count). The fourth-order valence-electron chi connectivity index (χ4n) is 3.37. The van der Waals surface area contributed by atoms with Crippen LogP contribution in [-0.2, 0) is 0 Å². The minimum Gasteiger partial charge on any atom is -0.0654 e. The van der Waals surface area contributed by atoms with E-state index in [0.717, 1.165) is 23.7 Å². The Hall–Kier alpha value is 0. The minimum atomic E-state index is 0.917. The summed E-state index contributed by atoms with van der Waals surface area (Å²) in [6.45, 7) is 14.4. The van der Waals surface area contributed by atoms with Gasteiger partial charge in [0.25, 0.3) is 0 Å². The van der Waals surface area contributed by atoms with Crippen LogP contribution in [0.3, 0.4) is 0 Å². The molecule has 0 aromatic carbocycles. The highest BCUT2D eigenvalue weighted by atomic mass is 14.2. The Balaban J connectivity index is 4.06. The highest BCUT2D eigenvalue weighted by Gasteiger charge is 2.19. The van der Waals surface area contributed by atoms with Crippen molar-refractivity contribution in [2.45, 2.75) is 86.5 Å². The van der Waals surface area contributed by atoms with Crippen LogP contribution in [0.25, 0.3) is 0 Å². The zero-order valence-corrected chi connectivity index (χ0v) is 13.3. The van der Waals surface area contributed by atoms with E-state index in [-0.39, 0.29) is 0 Å². The molecule has 0 radical (unpaired) electrons. The van der Waals surface area contributed by atoms with Crippen LogP contribution < -0.4 is 0 Å². The maximum Gasteiger partial charge on any atom is -0.0388 e. The van der Waals surface area contributed by atoms with Gasteiger partial charge in [-0.1, -0.05) is 73.6 Å². The van der Waals surface area contributed by atoms with E-state index in [1.54, 1.807) is 0 Å². The second-order valence-electron chi connectivity index (χ2n) is 6.40. The van der Waals surface area contributed by atoms with E-state index >= 15 is 0 Å². The third-order valence-corrected chi connectivity index (χ3v) is 4.37. The van der Waals surface area contributed by atoms with Crippen LogP contribution >= 0.6 is 0 Å². The molecule has 0 bridgehead atoms. The molecule has 0 aliphatic carbocycles. The van der Waals surface area contributed by atoms with Crippen molar-refractivity contribution in [3.63, 3.8) is 0 Å². The molecule has 0 fully saturated rings. The van der Waals surface area contributed by atoms with Gasteiger partial charge in [-0.05, 0) is 36.5 Å². The number of rotatable bonds is 10. The van der Waals surface area contributed by atoms with E-state index in [4.69, 9.17) is 0 Å². The first-order chi connectivity index (χ1) is 8.04. The van der Waals surface area contributed by atoms with Gasteiger partial charge in [0.2, 0.25) is 0 Å². The molecule has 104 valence electrons. The second kappa shape index (κ2) is 9.97. The third-order valence-electron chi connectivity index (χ3n) is 4.37. The Morgan fingerprint density at radius 3 is 1.59 bits per heavy atom. The van der Waals surface area contributed by atoms with E-state index in [1.807, 2.05) is 0 Å². The average Bonchev–Trinajstić information content (AvgIpc) is 2.26. The van der Waals surface area contributed by atoms with Gasteiger partial charge in [-0.2, -0.15) is 0 Å². The Morgan fingerprint density at radius 2 is 1.18 bits per heavy atom. The SMILES string of the molecule is CCCC(C)CC(C)C(CC)CC(C)CCC. The molecule has 0 saturated carbocycles. The molecule has 0 saturated heterocycles. The zero-order chi connectivity index (χ0) is 13.3. The lowest BCUT2D eigenvalue weighted by molar-refractivity contribution is 0.235. The van der Waals surface area contributed by atoms with Crippen LogP contribution in [0.1, 0.15) is 86.5 Å². The topological polar surface area (TPSA) is 0 Å². The smallest absolute Gasteiger partial charge is 0.0388 e. The quantitative estimate of drug-likeness (QED) is 0.420. The monoisotopic (exact) mass is 240 g/mol. The van der Waals surface area contributed by atoms with Crippen LogP contribution in [0.5, 0.6) is 0 Å². The van der Waals surface area contributed by atoms with E-state index in [2.05, 4.69) is 41.5 Å². The molecular weight excluding hydrogens is 204 g/mol. The minimum absolute atomic E-state index is 0.917. The van der Waals surface area contributed by atoms with Gasteiger partial charge in [0.05, 0.1) is 0 Å². The first kappa shape index (κ1) is 17.0. The zero-order valence-electron chi connectivity index (χ0n) is 13.3. The molecule has 0 aromatic heterocycles. The summed E-state index contributed by atoms with van der Waals surface area (Å²) in [5, 5.41) is 0. The molecule has 0 nitrogen and oxygen atoms in total. The predicted octanol–water partition coefficient (Wildman–Crippen LogP) is 6.30. The molecule has 0 aliphatic rings. The van der Waals surface area contributed by atoms with Crippen LogP contribution in [0.2, 0.25) is 0 Å². The average molecular weight is 240 g/mol. The van der Waals surface area contributed by atoms with Crippen LogP contribution in [-0.4, -0.2) is 0 Å². The first-order valence-electron chi connectivity index (χ1n) is 8.04. The van der Waals surface area contributed by atoms with Gasteiger partial charge in [-0.25, -0.2) is 0 Å². The van der Waals surface area contributed by atoms with Crippen molar-refractivity contribution in [1.82, 2.24) is 0 Å². The van der Waals surface area contributed by atoms with E-state index in [9.17, 15) is 0 Å². The third kappa shape index (κ3) is 7.84. The first-order valence-corrected chi connectivity index (χ1v) is 8.04. The van der Waals surface area contributed by atoms with Crippen molar-refractivity contribution in [3.8, 4) is 0 Å². The molecule has 0 aromatic rings. The normalized spacial score (nSPS) is 18.7. The van der Waals surface area contributed by atoms with Crippen molar-refractivity contribution in [3.05, 3.63) is 0 Å². The predicted molar refractivity (Wildman–Crippen MR) is 80.3 cm³/mol. The Bertz CT molecular complexity index is 161. The van der Waals surface area contributed by atoms with Gasteiger partial charge >= 0.3 is 0 Å². The van der Waals surface area contributed by atoms with Crippen LogP contribution in [0.4, 0.5) is 0 Å². The molecule has 0 spiro atoms. The molecule has 0 heteroatoms. The summed E-state index contributed by atoms with van der Waals surface area (Å²) in [5.74, 6) is 3.72. The maximum absolute atomic E-state index is 2.49. The van der Waals surface area contributed by atoms with Crippen molar-refractivity contribution >= 4 is 0 Å². The largest absolute Gasteiger partial charge is 0.0654 e. The van der Waals surface area contributed by atoms with Gasteiger partial charge in [-0.15, -0.1) is 0 Å². The molecule has 0 amide bonds. The van der Waals surface area contributed by atoms with Gasteiger partial charge in [0.15, 0.2) is 0 Å². The highest BCUT2D eigenvalue weighted by molar-refractivity contribution is 4.70. The van der Waals surface area contributed by atoms with Crippen LogP contribution in [0, 0.1) is 23.7 Å². The molecular formula is C17H36. The van der Waals surface area contributed by atoms with Crippen molar-refractivity contribution in [1.29, 1.82) is 0 Å². The van der Waals surface area contributed by atoms with Gasteiger partial charge in [-0.3, -0.25) is 0 Å². The lowest BCUT2D eigenvalue weighted by atomic mass is 9.78. The van der Waals surface area contributed by atoms with Crippen molar-refractivity contribution in [2.24, 2.45) is 23.7 Å². The second-order valence-corrected chi connectivity index (χ2v) is 6.40. The molecule has 0 N–H and O–H groups in total. The summed E-state index contributed by atoms with van der Waals surface area (Å²) in [4.78, 5) is 0. The van der Waals surface area contributed by atoms with Gasteiger partial charge in [0, 0.05) is 0 Å². The standard InChI is InChI=1S/C17H36/c1-7-10-14(4)12-16(6)17(9-3)13-15(5)11-8-2/h14-17H,7-13H2,1-6H3. The summed E-state index contributed by atoms with van der Waals surface area (Å²) in [5.41, 5.74) is 0. The van der Waals surface area contributed by atoms with E-state index in [1.165, 1.54) is 44.9 Å². The van der Waals surface area contributed by atoms with Crippen molar-refractivity contribution in [2.75, 3.05) is 0 Å². The maximum atomic E-state index is 2.49. The summed E-state index contributed by atoms with van der Waals surface area (Å²) in [7, 11) is 0. The summed E-state index contributed by atoms with van der Waals surface area (Å²) >= 11 is 0. The highest BCUT2D eigenvalue weighted by Crippen LogP contribution is 2.30. The molecule has 4 atom stereocenters. The number of hydrogen-bond donors (Lipinski definition) is 0. The fraction of sp³-hybridized carbons (Fsp3) is 1.00.